The van der Waals surface area contributed by atoms with E-state index >= 15 is 0 Å². The number of rotatable bonds is 3. The van der Waals surface area contributed by atoms with Crippen molar-refractivity contribution in [2.45, 2.75) is 44.7 Å². The number of fused-ring (bicyclic) bond motifs is 1. The highest BCUT2D eigenvalue weighted by Crippen LogP contribution is 2.27. The van der Waals surface area contributed by atoms with Crippen LogP contribution in [0.2, 0.25) is 0 Å². The van der Waals surface area contributed by atoms with Crippen molar-refractivity contribution in [3.63, 3.8) is 0 Å². The molecule has 2 atom stereocenters. The van der Waals surface area contributed by atoms with Crippen LogP contribution in [0.25, 0.3) is 5.69 Å². The molecule has 0 saturated carbocycles. The number of carbonyl (C=O) groups is 1. The normalized spacial score (nSPS) is 23.9. The predicted octanol–water partition coefficient (Wildman–Crippen LogP) is 1.93. The van der Waals surface area contributed by atoms with Crippen molar-refractivity contribution >= 4 is 5.91 Å². The van der Waals surface area contributed by atoms with Gasteiger partial charge >= 0.3 is 0 Å². The summed E-state index contributed by atoms with van der Waals surface area (Å²) in [6, 6.07) is 10.4. The molecule has 24 heavy (non-hydrogen) atoms. The third kappa shape index (κ3) is 2.82. The number of nitrogens with zero attached hydrogens (tertiary/aromatic N) is 4. The molecular formula is C18H23N5O. The Hall–Kier alpha value is -2.21. The van der Waals surface area contributed by atoms with Gasteiger partial charge in [0.05, 0.1) is 11.4 Å². The molecule has 3 heterocycles. The van der Waals surface area contributed by atoms with Crippen LogP contribution < -0.4 is 5.32 Å². The van der Waals surface area contributed by atoms with E-state index in [0.717, 1.165) is 18.7 Å². The molecule has 0 bridgehead atoms. The molecule has 1 amide bonds. The van der Waals surface area contributed by atoms with Gasteiger partial charge in [0.2, 0.25) is 0 Å². The zero-order valence-corrected chi connectivity index (χ0v) is 14.0. The molecule has 126 valence electrons. The average Bonchev–Trinajstić information content (AvgIpc) is 3.20. The quantitative estimate of drug-likeness (QED) is 0.937. The molecule has 1 aromatic carbocycles. The van der Waals surface area contributed by atoms with Crippen molar-refractivity contribution in [1.82, 2.24) is 25.2 Å². The monoisotopic (exact) mass is 325 g/mol. The topological polar surface area (TPSA) is 63.1 Å². The fraction of sp³-hybridized carbons (Fsp3) is 0.500. The van der Waals surface area contributed by atoms with Crippen LogP contribution in [0.15, 0.2) is 30.3 Å². The first-order chi connectivity index (χ1) is 11.7. The molecule has 2 fully saturated rings. The maximum absolute atomic E-state index is 12.7. The lowest BCUT2D eigenvalue weighted by Crippen LogP contribution is -2.47. The van der Waals surface area contributed by atoms with Crippen molar-refractivity contribution in [2.75, 3.05) is 13.1 Å². The highest BCUT2D eigenvalue weighted by atomic mass is 16.2. The average molecular weight is 325 g/mol. The zero-order valence-electron chi connectivity index (χ0n) is 14.0. The fourth-order valence-electron chi connectivity index (χ4n) is 3.92. The van der Waals surface area contributed by atoms with Gasteiger partial charge in [-0.05, 0) is 44.9 Å². The highest BCUT2D eigenvalue weighted by molar-refractivity contribution is 5.93. The SMILES string of the molecule is Cc1nn(-c2ccccc2)nc1C(=O)N[C@H]1CCN2CCCC[C@H]12. The number of aromatic nitrogens is 3. The predicted molar refractivity (Wildman–Crippen MR) is 91.2 cm³/mol. The van der Waals surface area contributed by atoms with Crippen LogP contribution in [0, 0.1) is 6.92 Å². The largest absolute Gasteiger partial charge is 0.346 e. The molecule has 4 rings (SSSR count). The van der Waals surface area contributed by atoms with Crippen LogP contribution in [0.5, 0.6) is 0 Å². The Balaban J connectivity index is 1.50. The Bertz CT molecular complexity index is 726. The molecule has 0 radical (unpaired) electrons. The molecule has 6 nitrogen and oxygen atoms in total. The highest BCUT2D eigenvalue weighted by Gasteiger charge is 2.36. The first-order valence-corrected chi connectivity index (χ1v) is 8.76. The summed E-state index contributed by atoms with van der Waals surface area (Å²) in [6.45, 7) is 4.09. The van der Waals surface area contributed by atoms with Crippen LogP contribution in [0.3, 0.4) is 0 Å². The van der Waals surface area contributed by atoms with Crippen molar-refractivity contribution in [2.24, 2.45) is 0 Å². The summed E-state index contributed by atoms with van der Waals surface area (Å²) in [5.74, 6) is -0.105. The van der Waals surface area contributed by atoms with Gasteiger partial charge in [0.15, 0.2) is 5.69 Å². The standard InChI is InChI=1S/C18H23N5O/c1-13-17(21-23(20-13)14-7-3-2-4-8-14)18(24)19-15-10-12-22-11-6-5-9-16(15)22/h2-4,7-8,15-16H,5-6,9-12H2,1H3,(H,19,24)/t15-,16+/m0/s1. The second-order valence-electron chi connectivity index (χ2n) is 6.73. The Kier molecular flexibility index (Phi) is 4.06. The van der Waals surface area contributed by atoms with Crippen molar-refractivity contribution in [3.8, 4) is 5.69 Å². The lowest BCUT2D eigenvalue weighted by molar-refractivity contribution is 0.0909. The van der Waals surface area contributed by atoms with Gasteiger partial charge in [0.25, 0.3) is 5.91 Å². The molecule has 2 aliphatic rings. The summed E-state index contributed by atoms with van der Waals surface area (Å²) in [6.07, 6.45) is 4.75. The second-order valence-corrected chi connectivity index (χ2v) is 6.73. The van der Waals surface area contributed by atoms with Gasteiger partial charge in [-0.1, -0.05) is 24.6 Å². The molecule has 6 heteroatoms. The first kappa shape index (κ1) is 15.3. The molecular weight excluding hydrogens is 302 g/mol. The summed E-state index contributed by atoms with van der Waals surface area (Å²) >= 11 is 0. The number of aryl methyl sites for hydroxylation is 1. The molecule has 2 aromatic rings. The lowest BCUT2D eigenvalue weighted by atomic mass is 9.99. The maximum Gasteiger partial charge on any atom is 0.274 e. The van der Waals surface area contributed by atoms with Crippen molar-refractivity contribution in [1.29, 1.82) is 0 Å². The summed E-state index contributed by atoms with van der Waals surface area (Å²) in [5, 5.41) is 12.0. The Morgan fingerprint density at radius 3 is 2.79 bits per heavy atom. The molecule has 0 spiro atoms. The summed E-state index contributed by atoms with van der Waals surface area (Å²) in [4.78, 5) is 16.7. The van der Waals surface area contributed by atoms with Gasteiger partial charge < -0.3 is 5.32 Å². The van der Waals surface area contributed by atoms with Crippen LogP contribution in [-0.2, 0) is 0 Å². The number of carbonyl (C=O) groups excluding carboxylic acids is 1. The van der Waals surface area contributed by atoms with E-state index in [4.69, 9.17) is 0 Å². The van der Waals surface area contributed by atoms with E-state index in [0.29, 0.717) is 17.4 Å². The Morgan fingerprint density at radius 1 is 1.12 bits per heavy atom. The Labute approximate surface area is 141 Å². The number of hydrogen-bond acceptors (Lipinski definition) is 4. The van der Waals surface area contributed by atoms with Gasteiger partial charge in [0, 0.05) is 18.6 Å². The zero-order chi connectivity index (χ0) is 16.5. The molecule has 0 aliphatic carbocycles. The molecule has 0 unspecified atom stereocenters. The molecule has 1 aromatic heterocycles. The summed E-state index contributed by atoms with van der Waals surface area (Å²) in [7, 11) is 0. The van der Waals surface area contributed by atoms with Crippen LogP contribution >= 0.6 is 0 Å². The van der Waals surface area contributed by atoms with Crippen LogP contribution in [0.1, 0.15) is 41.9 Å². The van der Waals surface area contributed by atoms with Gasteiger partial charge in [-0.3, -0.25) is 9.69 Å². The summed E-state index contributed by atoms with van der Waals surface area (Å²) < 4.78 is 0. The number of para-hydroxylation sites is 1. The van der Waals surface area contributed by atoms with Gasteiger partial charge in [-0.25, -0.2) is 0 Å². The first-order valence-electron chi connectivity index (χ1n) is 8.76. The number of nitrogens with one attached hydrogen (secondary N) is 1. The third-order valence-corrected chi connectivity index (χ3v) is 5.16. The molecule has 2 saturated heterocycles. The fourth-order valence-corrected chi connectivity index (χ4v) is 3.92. The second kappa shape index (κ2) is 6.36. The minimum atomic E-state index is -0.105. The van der Waals surface area contributed by atoms with E-state index in [1.165, 1.54) is 30.6 Å². The maximum atomic E-state index is 12.7. The van der Waals surface area contributed by atoms with Crippen molar-refractivity contribution in [3.05, 3.63) is 41.7 Å². The number of benzene rings is 1. The van der Waals surface area contributed by atoms with Gasteiger partial charge in [-0.2, -0.15) is 9.90 Å². The molecule has 1 N–H and O–H groups in total. The Morgan fingerprint density at radius 2 is 1.96 bits per heavy atom. The van der Waals surface area contributed by atoms with Crippen LogP contribution in [0.4, 0.5) is 0 Å². The van der Waals surface area contributed by atoms with Crippen LogP contribution in [-0.4, -0.2) is 51.0 Å². The van der Waals surface area contributed by atoms with E-state index < -0.39 is 0 Å². The lowest BCUT2D eigenvalue weighted by Gasteiger charge is -2.32. The third-order valence-electron chi connectivity index (χ3n) is 5.16. The molecule has 2 aliphatic heterocycles. The van der Waals surface area contributed by atoms with E-state index in [-0.39, 0.29) is 11.9 Å². The number of piperidine rings is 1. The minimum absolute atomic E-state index is 0.105. The number of hydrogen-bond donors (Lipinski definition) is 1. The number of amides is 1. The minimum Gasteiger partial charge on any atom is -0.346 e. The van der Waals surface area contributed by atoms with E-state index in [2.05, 4.69) is 20.4 Å². The van der Waals surface area contributed by atoms with E-state index in [9.17, 15) is 4.79 Å². The summed E-state index contributed by atoms with van der Waals surface area (Å²) in [5.41, 5.74) is 1.95. The van der Waals surface area contributed by atoms with Gasteiger partial charge in [0.1, 0.15) is 0 Å². The van der Waals surface area contributed by atoms with E-state index in [1.54, 1.807) is 0 Å². The van der Waals surface area contributed by atoms with Gasteiger partial charge in [-0.15, -0.1) is 5.10 Å². The van der Waals surface area contributed by atoms with E-state index in [1.807, 2.05) is 37.3 Å². The smallest absolute Gasteiger partial charge is 0.274 e. The van der Waals surface area contributed by atoms with Crippen molar-refractivity contribution < 1.29 is 4.79 Å².